The lowest BCUT2D eigenvalue weighted by Gasteiger charge is -2.22. The van der Waals surface area contributed by atoms with Gasteiger partial charge in [-0.3, -0.25) is 4.79 Å². The number of nitrogens with two attached hydrogens (primary N) is 1. The Morgan fingerprint density at radius 3 is 2.33 bits per heavy atom. The molecule has 0 aliphatic carbocycles. The number of anilines is 1. The molecule has 2 aromatic rings. The highest BCUT2D eigenvalue weighted by Gasteiger charge is 2.10. The van der Waals surface area contributed by atoms with Gasteiger partial charge < -0.3 is 16.0 Å². The van der Waals surface area contributed by atoms with E-state index in [0.29, 0.717) is 12.1 Å². The molecule has 0 aliphatic heterocycles. The van der Waals surface area contributed by atoms with E-state index in [1.54, 1.807) is 0 Å². The van der Waals surface area contributed by atoms with Crippen LogP contribution in [0, 0.1) is 0 Å². The molecule has 0 aromatic heterocycles. The third-order valence-corrected chi connectivity index (χ3v) is 4.08. The van der Waals surface area contributed by atoms with Crippen molar-refractivity contribution >= 4 is 11.6 Å². The molecule has 1 amide bonds. The second-order valence-electron chi connectivity index (χ2n) is 5.85. The van der Waals surface area contributed by atoms with Gasteiger partial charge in [-0.1, -0.05) is 37.3 Å². The second-order valence-corrected chi connectivity index (χ2v) is 5.85. The molecule has 0 spiro atoms. The average molecular weight is 325 g/mol. The molecule has 1 unspecified atom stereocenters. The molecule has 0 fully saturated rings. The number of rotatable bonds is 8. The number of nitrogens with zero attached hydrogens (tertiary/aromatic N) is 1. The van der Waals surface area contributed by atoms with Gasteiger partial charge in [-0.2, -0.15) is 0 Å². The van der Waals surface area contributed by atoms with Gasteiger partial charge in [0.15, 0.2) is 0 Å². The van der Waals surface area contributed by atoms with Gasteiger partial charge in [0, 0.05) is 36.9 Å². The van der Waals surface area contributed by atoms with E-state index in [1.165, 1.54) is 0 Å². The molecule has 1 atom stereocenters. The van der Waals surface area contributed by atoms with Crippen molar-refractivity contribution in [1.29, 1.82) is 0 Å². The van der Waals surface area contributed by atoms with Gasteiger partial charge >= 0.3 is 0 Å². The average Bonchev–Trinajstić information content (AvgIpc) is 2.64. The number of benzene rings is 2. The molecule has 0 heterocycles. The number of nitrogens with one attached hydrogen (secondary N) is 1. The third-order valence-electron chi connectivity index (χ3n) is 4.08. The number of hydrogen-bond acceptors (Lipinski definition) is 3. The molecular formula is C20H27N3O. The first-order valence-corrected chi connectivity index (χ1v) is 8.59. The summed E-state index contributed by atoms with van der Waals surface area (Å²) < 4.78 is 0. The molecule has 0 radical (unpaired) electrons. The van der Waals surface area contributed by atoms with E-state index in [1.807, 2.05) is 54.6 Å². The Morgan fingerprint density at radius 1 is 1.08 bits per heavy atom. The molecule has 4 heteroatoms. The van der Waals surface area contributed by atoms with Gasteiger partial charge in [0.1, 0.15) is 0 Å². The molecule has 4 nitrogen and oxygen atoms in total. The van der Waals surface area contributed by atoms with Crippen LogP contribution >= 0.6 is 0 Å². The summed E-state index contributed by atoms with van der Waals surface area (Å²) in [6, 6.07) is 17.3. The zero-order chi connectivity index (χ0) is 17.4. The fourth-order valence-electron chi connectivity index (χ4n) is 2.69. The van der Waals surface area contributed by atoms with E-state index in [0.717, 1.165) is 30.8 Å². The molecule has 2 rings (SSSR count). The molecule has 128 valence electrons. The fourth-order valence-corrected chi connectivity index (χ4v) is 2.69. The second kappa shape index (κ2) is 9.08. The van der Waals surface area contributed by atoms with Crippen LogP contribution in [-0.2, 0) is 0 Å². The first-order valence-electron chi connectivity index (χ1n) is 8.59. The third kappa shape index (κ3) is 4.83. The highest BCUT2D eigenvalue weighted by Crippen LogP contribution is 2.16. The van der Waals surface area contributed by atoms with Gasteiger partial charge in [-0.25, -0.2) is 0 Å². The summed E-state index contributed by atoms with van der Waals surface area (Å²) in [5, 5.41) is 2.91. The Labute approximate surface area is 144 Å². The SMILES string of the molecule is CCCN(CC)c1ccc(C(=O)NCC(N)c2ccccc2)cc1. The van der Waals surface area contributed by atoms with Crippen molar-refractivity contribution < 1.29 is 4.79 Å². The zero-order valence-electron chi connectivity index (χ0n) is 14.5. The van der Waals surface area contributed by atoms with Crippen molar-refractivity contribution in [2.45, 2.75) is 26.3 Å². The maximum atomic E-state index is 12.3. The first kappa shape index (κ1) is 18.0. The van der Waals surface area contributed by atoms with Crippen LogP contribution in [0.2, 0.25) is 0 Å². The predicted octanol–water partition coefficient (Wildman–Crippen LogP) is 3.35. The summed E-state index contributed by atoms with van der Waals surface area (Å²) in [5.41, 5.74) is 8.94. The van der Waals surface area contributed by atoms with Crippen LogP contribution in [0.5, 0.6) is 0 Å². The Morgan fingerprint density at radius 2 is 1.75 bits per heavy atom. The molecular weight excluding hydrogens is 298 g/mol. The minimum absolute atomic E-state index is 0.0912. The van der Waals surface area contributed by atoms with Gasteiger partial charge in [-0.15, -0.1) is 0 Å². The van der Waals surface area contributed by atoms with E-state index >= 15 is 0 Å². The van der Waals surface area contributed by atoms with Crippen molar-refractivity contribution in [1.82, 2.24) is 5.32 Å². The number of carbonyl (C=O) groups is 1. The van der Waals surface area contributed by atoms with Crippen LogP contribution in [0.15, 0.2) is 54.6 Å². The Hall–Kier alpha value is -2.33. The van der Waals surface area contributed by atoms with Crippen LogP contribution in [-0.4, -0.2) is 25.5 Å². The smallest absolute Gasteiger partial charge is 0.251 e. The van der Waals surface area contributed by atoms with Crippen LogP contribution in [0.1, 0.15) is 42.2 Å². The minimum atomic E-state index is -0.199. The topological polar surface area (TPSA) is 58.4 Å². The quantitative estimate of drug-likeness (QED) is 0.782. The molecule has 0 aliphatic rings. The number of amides is 1. The highest BCUT2D eigenvalue weighted by atomic mass is 16.1. The van der Waals surface area contributed by atoms with E-state index in [-0.39, 0.29) is 11.9 Å². The standard InChI is InChI=1S/C20H27N3O/c1-3-14-23(4-2)18-12-10-17(11-13-18)20(24)22-15-19(21)16-8-6-5-7-9-16/h5-13,19H,3-4,14-15,21H2,1-2H3,(H,22,24). The van der Waals surface area contributed by atoms with Crippen LogP contribution in [0.4, 0.5) is 5.69 Å². The molecule has 0 saturated carbocycles. The fraction of sp³-hybridized carbons (Fsp3) is 0.350. The van der Waals surface area contributed by atoms with Crippen molar-refractivity contribution in [3.8, 4) is 0 Å². The van der Waals surface area contributed by atoms with Gasteiger partial charge in [0.05, 0.1) is 0 Å². The highest BCUT2D eigenvalue weighted by molar-refractivity contribution is 5.94. The molecule has 24 heavy (non-hydrogen) atoms. The van der Waals surface area contributed by atoms with Crippen LogP contribution in [0.25, 0.3) is 0 Å². The summed E-state index contributed by atoms with van der Waals surface area (Å²) in [5.74, 6) is -0.0912. The molecule has 2 aromatic carbocycles. The van der Waals surface area contributed by atoms with Crippen LogP contribution in [0.3, 0.4) is 0 Å². The van der Waals surface area contributed by atoms with Crippen molar-refractivity contribution in [3.63, 3.8) is 0 Å². The maximum Gasteiger partial charge on any atom is 0.251 e. The van der Waals surface area contributed by atoms with Gasteiger partial charge in [-0.05, 0) is 43.2 Å². The summed E-state index contributed by atoms with van der Waals surface area (Å²) in [7, 11) is 0. The maximum absolute atomic E-state index is 12.3. The minimum Gasteiger partial charge on any atom is -0.372 e. The molecule has 0 bridgehead atoms. The molecule has 3 N–H and O–H groups in total. The van der Waals surface area contributed by atoms with Crippen molar-refractivity contribution in [2.24, 2.45) is 5.73 Å². The summed E-state index contributed by atoms with van der Waals surface area (Å²) >= 11 is 0. The van der Waals surface area contributed by atoms with Gasteiger partial charge in [0.25, 0.3) is 5.91 Å². The van der Waals surface area contributed by atoms with E-state index in [2.05, 4.69) is 24.1 Å². The molecule has 0 saturated heterocycles. The summed E-state index contributed by atoms with van der Waals surface area (Å²) in [4.78, 5) is 14.6. The van der Waals surface area contributed by atoms with E-state index in [9.17, 15) is 4.79 Å². The zero-order valence-corrected chi connectivity index (χ0v) is 14.5. The monoisotopic (exact) mass is 325 g/mol. The van der Waals surface area contributed by atoms with Crippen molar-refractivity contribution in [2.75, 3.05) is 24.5 Å². The van der Waals surface area contributed by atoms with E-state index in [4.69, 9.17) is 5.73 Å². The predicted molar refractivity (Wildman–Crippen MR) is 100 cm³/mol. The number of carbonyl (C=O) groups excluding carboxylic acids is 1. The van der Waals surface area contributed by atoms with Crippen LogP contribution < -0.4 is 16.0 Å². The summed E-state index contributed by atoms with van der Waals surface area (Å²) in [6.45, 7) is 6.71. The number of hydrogen-bond donors (Lipinski definition) is 2. The van der Waals surface area contributed by atoms with E-state index < -0.39 is 0 Å². The summed E-state index contributed by atoms with van der Waals surface area (Å²) in [6.07, 6.45) is 1.10. The normalized spacial score (nSPS) is 11.8. The first-order chi connectivity index (χ1) is 11.7. The van der Waals surface area contributed by atoms with Crippen molar-refractivity contribution in [3.05, 3.63) is 65.7 Å². The lowest BCUT2D eigenvalue weighted by molar-refractivity contribution is 0.0951. The lowest BCUT2D eigenvalue weighted by atomic mass is 10.1. The lowest BCUT2D eigenvalue weighted by Crippen LogP contribution is -2.32. The Kier molecular flexibility index (Phi) is 6.82. The largest absolute Gasteiger partial charge is 0.372 e. The van der Waals surface area contributed by atoms with Gasteiger partial charge in [0.2, 0.25) is 0 Å². The Bertz CT molecular complexity index is 625. The Balaban J connectivity index is 1.93.